The van der Waals surface area contributed by atoms with E-state index >= 15 is 0 Å². The Hall–Kier alpha value is -2.51. The Morgan fingerprint density at radius 1 is 1.21 bits per heavy atom. The van der Waals surface area contributed by atoms with Gasteiger partial charge in [-0.05, 0) is 50.2 Å². The number of anilines is 1. The SMILES string of the molecule is CC[NH+](CC)CCN(C(=O)c1cccc(OC)c1)c1nc2ccc(F)cc2s1. The summed E-state index contributed by atoms with van der Waals surface area (Å²) in [5.74, 6) is 0.192. The molecule has 3 rings (SSSR count). The van der Waals surface area contributed by atoms with Gasteiger partial charge in [0.1, 0.15) is 11.6 Å². The molecular formula is C21H25FN3O2S+. The van der Waals surface area contributed by atoms with Crippen molar-refractivity contribution in [3.05, 3.63) is 53.8 Å². The van der Waals surface area contributed by atoms with Crippen molar-refractivity contribution in [3.8, 4) is 5.75 Å². The van der Waals surface area contributed by atoms with Crippen LogP contribution in [-0.4, -0.2) is 44.2 Å². The predicted octanol–water partition coefficient (Wildman–Crippen LogP) is 3.02. The summed E-state index contributed by atoms with van der Waals surface area (Å²) in [6.45, 7) is 7.59. The number of quaternary nitrogens is 1. The van der Waals surface area contributed by atoms with Crippen molar-refractivity contribution < 1.29 is 18.8 Å². The fourth-order valence-electron chi connectivity index (χ4n) is 3.07. The van der Waals surface area contributed by atoms with Crippen LogP contribution in [0.15, 0.2) is 42.5 Å². The average molecular weight is 403 g/mol. The molecule has 1 amide bonds. The van der Waals surface area contributed by atoms with Gasteiger partial charge in [0.2, 0.25) is 0 Å². The van der Waals surface area contributed by atoms with E-state index in [1.165, 1.54) is 28.4 Å². The minimum atomic E-state index is -0.305. The van der Waals surface area contributed by atoms with Crippen molar-refractivity contribution in [2.45, 2.75) is 13.8 Å². The van der Waals surface area contributed by atoms with Gasteiger partial charge >= 0.3 is 0 Å². The molecule has 0 spiro atoms. The maximum Gasteiger partial charge on any atom is 0.260 e. The Morgan fingerprint density at radius 3 is 2.71 bits per heavy atom. The lowest BCUT2D eigenvalue weighted by Crippen LogP contribution is -3.12. The lowest BCUT2D eigenvalue weighted by molar-refractivity contribution is -0.894. The first-order chi connectivity index (χ1) is 13.5. The van der Waals surface area contributed by atoms with Gasteiger partial charge in [0.05, 0.1) is 43.5 Å². The third-order valence-corrected chi connectivity index (χ3v) is 5.86. The number of hydrogen-bond donors (Lipinski definition) is 1. The van der Waals surface area contributed by atoms with Crippen molar-refractivity contribution in [3.63, 3.8) is 0 Å². The summed E-state index contributed by atoms with van der Waals surface area (Å²) >= 11 is 1.33. The van der Waals surface area contributed by atoms with Crippen LogP contribution in [0.2, 0.25) is 0 Å². The second-order valence-corrected chi connectivity index (χ2v) is 7.51. The Kier molecular flexibility index (Phi) is 6.59. The van der Waals surface area contributed by atoms with Crippen LogP contribution in [0.25, 0.3) is 10.2 Å². The summed E-state index contributed by atoms with van der Waals surface area (Å²) in [6.07, 6.45) is 0. The molecule has 0 saturated heterocycles. The number of hydrogen-bond acceptors (Lipinski definition) is 4. The number of rotatable bonds is 8. The molecular weight excluding hydrogens is 377 g/mol. The van der Waals surface area contributed by atoms with Gasteiger partial charge in [-0.3, -0.25) is 9.69 Å². The molecule has 148 valence electrons. The van der Waals surface area contributed by atoms with E-state index in [1.807, 2.05) is 6.07 Å². The number of thiazole rings is 1. The van der Waals surface area contributed by atoms with E-state index < -0.39 is 0 Å². The van der Waals surface area contributed by atoms with E-state index in [2.05, 4.69) is 18.8 Å². The second kappa shape index (κ2) is 9.12. The summed E-state index contributed by atoms with van der Waals surface area (Å²) in [7, 11) is 1.58. The lowest BCUT2D eigenvalue weighted by atomic mass is 10.2. The molecule has 0 unspecified atom stereocenters. The maximum atomic E-state index is 13.6. The molecule has 3 aromatic rings. The quantitative estimate of drug-likeness (QED) is 0.630. The van der Waals surface area contributed by atoms with Gasteiger partial charge in [-0.2, -0.15) is 0 Å². The van der Waals surface area contributed by atoms with Gasteiger partial charge in [-0.1, -0.05) is 17.4 Å². The highest BCUT2D eigenvalue weighted by Crippen LogP contribution is 2.30. The highest BCUT2D eigenvalue weighted by Gasteiger charge is 2.23. The smallest absolute Gasteiger partial charge is 0.260 e. The van der Waals surface area contributed by atoms with Crippen LogP contribution in [0, 0.1) is 5.82 Å². The summed E-state index contributed by atoms with van der Waals surface area (Å²) in [5, 5.41) is 0.583. The first-order valence-corrected chi connectivity index (χ1v) is 10.2. The largest absolute Gasteiger partial charge is 0.497 e. The number of halogens is 1. The number of carbonyl (C=O) groups excluding carboxylic acids is 1. The molecule has 1 heterocycles. The fourth-order valence-corrected chi connectivity index (χ4v) is 4.09. The molecule has 1 aromatic heterocycles. The number of ether oxygens (including phenoxy) is 1. The van der Waals surface area contributed by atoms with Crippen molar-refractivity contribution >= 4 is 32.6 Å². The van der Waals surface area contributed by atoms with Crippen LogP contribution < -0.4 is 14.5 Å². The van der Waals surface area contributed by atoms with Crippen LogP contribution in [0.5, 0.6) is 5.75 Å². The van der Waals surface area contributed by atoms with Crippen LogP contribution in [-0.2, 0) is 0 Å². The number of amides is 1. The second-order valence-electron chi connectivity index (χ2n) is 6.50. The molecule has 0 saturated carbocycles. The first-order valence-electron chi connectivity index (χ1n) is 9.41. The minimum Gasteiger partial charge on any atom is -0.497 e. The normalized spacial score (nSPS) is 11.2. The standard InChI is InChI=1S/C21H24FN3O2S/c1-4-24(5-2)11-12-25(20(26)15-7-6-8-17(13-15)27-3)21-23-18-10-9-16(22)14-19(18)28-21/h6-10,13-14H,4-5,11-12H2,1-3H3/p+1. The van der Waals surface area contributed by atoms with E-state index in [9.17, 15) is 9.18 Å². The number of fused-ring (bicyclic) bond motifs is 1. The highest BCUT2D eigenvalue weighted by atomic mass is 32.1. The number of likely N-dealkylation sites (N-methyl/N-ethyl adjacent to an activating group) is 1. The van der Waals surface area contributed by atoms with E-state index in [1.54, 1.807) is 36.3 Å². The molecule has 1 N–H and O–H groups in total. The van der Waals surface area contributed by atoms with E-state index in [0.717, 1.165) is 24.3 Å². The zero-order valence-electron chi connectivity index (χ0n) is 16.4. The van der Waals surface area contributed by atoms with Crippen molar-refractivity contribution in [2.75, 3.05) is 38.2 Å². The van der Waals surface area contributed by atoms with E-state index in [4.69, 9.17) is 4.74 Å². The summed E-state index contributed by atoms with van der Waals surface area (Å²) < 4.78 is 19.6. The van der Waals surface area contributed by atoms with Gasteiger partial charge in [0.15, 0.2) is 5.13 Å². The van der Waals surface area contributed by atoms with Crippen LogP contribution in [0.3, 0.4) is 0 Å². The molecule has 0 fully saturated rings. The van der Waals surface area contributed by atoms with E-state index in [0.29, 0.717) is 28.5 Å². The summed E-state index contributed by atoms with van der Waals surface area (Å²) in [4.78, 5) is 21.0. The van der Waals surface area contributed by atoms with Crippen LogP contribution in [0.1, 0.15) is 24.2 Å². The number of methoxy groups -OCH3 is 1. The third-order valence-electron chi connectivity index (χ3n) is 4.82. The molecule has 0 aliphatic rings. The number of benzene rings is 2. The van der Waals surface area contributed by atoms with Gasteiger partial charge in [0.25, 0.3) is 5.91 Å². The summed E-state index contributed by atoms with van der Waals surface area (Å²) in [5.41, 5.74) is 1.24. The zero-order chi connectivity index (χ0) is 20.1. The molecule has 0 atom stereocenters. The lowest BCUT2D eigenvalue weighted by Gasteiger charge is -2.23. The minimum absolute atomic E-state index is 0.134. The van der Waals surface area contributed by atoms with Crippen LogP contribution in [0.4, 0.5) is 9.52 Å². The molecule has 5 nitrogen and oxygen atoms in total. The Morgan fingerprint density at radius 2 is 2.00 bits per heavy atom. The molecule has 28 heavy (non-hydrogen) atoms. The summed E-state index contributed by atoms with van der Waals surface area (Å²) in [6, 6.07) is 11.6. The first kappa shape index (κ1) is 20.2. The Bertz CT molecular complexity index is 956. The molecule has 0 aliphatic carbocycles. The van der Waals surface area contributed by atoms with Gasteiger partial charge in [-0.15, -0.1) is 0 Å². The Balaban J connectivity index is 1.96. The van der Waals surface area contributed by atoms with Gasteiger partial charge in [0, 0.05) is 5.56 Å². The number of carbonyl (C=O) groups is 1. The van der Waals surface area contributed by atoms with Gasteiger partial charge < -0.3 is 9.64 Å². The fraction of sp³-hybridized carbons (Fsp3) is 0.333. The van der Waals surface area contributed by atoms with Crippen molar-refractivity contribution in [1.29, 1.82) is 0 Å². The van der Waals surface area contributed by atoms with Gasteiger partial charge in [-0.25, -0.2) is 9.37 Å². The topological polar surface area (TPSA) is 46.9 Å². The van der Waals surface area contributed by atoms with Crippen LogP contribution >= 0.6 is 11.3 Å². The monoisotopic (exact) mass is 402 g/mol. The highest BCUT2D eigenvalue weighted by molar-refractivity contribution is 7.22. The van der Waals surface area contributed by atoms with Crippen molar-refractivity contribution in [2.24, 2.45) is 0 Å². The number of aromatic nitrogens is 1. The van der Waals surface area contributed by atoms with Crippen molar-refractivity contribution in [1.82, 2.24) is 4.98 Å². The predicted molar refractivity (Wildman–Crippen MR) is 111 cm³/mol. The molecule has 0 bridgehead atoms. The third kappa shape index (κ3) is 4.48. The number of nitrogens with zero attached hydrogens (tertiary/aromatic N) is 2. The molecule has 7 heteroatoms. The molecule has 2 aromatic carbocycles. The average Bonchev–Trinajstić information content (AvgIpc) is 3.13. The molecule has 0 aliphatic heterocycles. The molecule has 0 radical (unpaired) electrons. The zero-order valence-corrected chi connectivity index (χ0v) is 17.2. The maximum absolute atomic E-state index is 13.6. The Labute approximate surface area is 168 Å². The van der Waals surface area contributed by atoms with E-state index in [-0.39, 0.29) is 11.7 Å². The number of nitrogens with one attached hydrogen (secondary N) is 1.